The Bertz CT molecular complexity index is 769. The molecule has 2 aromatic heterocycles. The third kappa shape index (κ3) is 2.64. The largest absolute Gasteiger partial charge is 0.320 e. The predicted molar refractivity (Wildman–Crippen MR) is 80.1 cm³/mol. The molecular formula is C14H10ClN3OS. The van der Waals surface area contributed by atoms with Crippen LogP contribution in [0.5, 0.6) is 0 Å². The number of aromatic amines is 1. The first-order valence-electron chi connectivity index (χ1n) is 5.96. The van der Waals surface area contributed by atoms with Gasteiger partial charge in [0.15, 0.2) is 5.01 Å². The van der Waals surface area contributed by atoms with Crippen LogP contribution in [-0.4, -0.2) is 15.2 Å². The van der Waals surface area contributed by atoms with E-state index < -0.39 is 0 Å². The van der Waals surface area contributed by atoms with Crippen LogP contribution in [0, 0.1) is 0 Å². The van der Waals surface area contributed by atoms with Crippen LogP contribution in [0.1, 0.15) is 15.9 Å². The standard InChI is InChI=1S/C14H10ClN3OS/c15-12(9-5-2-1-3-6-9)14-18-17-13(20-14)10-7-4-8-11(19)16-10/h1-8,12H,(H,16,19). The second-order valence-electron chi connectivity index (χ2n) is 4.15. The number of halogens is 1. The first kappa shape index (κ1) is 13.0. The van der Waals surface area contributed by atoms with Crippen LogP contribution in [0.4, 0.5) is 0 Å². The van der Waals surface area contributed by atoms with Crippen molar-refractivity contribution in [3.05, 3.63) is 69.5 Å². The topological polar surface area (TPSA) is 58.6 Å². The average Bonchev–Trinajstić information content (AvgIpc) is 2.97. The summed E-state index contributed by atoms with van der Waals surface area (Å²) < 4.78 is 0. The van der Waals surface area contributed by atoms with Crippen molar-refractivity contribution in [2.75, 3.05) is 0 Å². The molecule has 1 aromatic carbocycles. The minimum atomic E-state index is -0.335. The third-order valence-corrected chi connectivity index (χ3v) is 4.36. The molecule has 4 nitrogen and oxygen atoms in total. The van der Waals surface area contributed by atoms with Gasteiger partial charge in [0, 0.05) is 6.07 Å². The van der Waals surface area contributed by atoms with Crippen molar-refractivity contribution < 1.29 is 0 Å². The molecule has 1 N–H and O–H groups in total. The SMILES string of the molecule is O=c1cccc(-c2nnc(C(Cl)c3ccccc3)s2)[nH]1. The van der Waals surface area contributed by atoms with Crippen molar-refractivity contribution in [3.63, 3.8) is 0 Å². The van der Waals surface area contributed by atoms with E-state index in [1.165, 1.54) is 17.4 Å². The Hall–Kier alpha value is -1.98. The molecule has 1 unspecified atom stereocenters. The zero-order valence-corrected chi connectivity index (χ0v) is 11.9. The normalized spacial score (nSPS) is 12.2. The van der Waals surface area contributed by atoms with E-state index in [0.29, 0.717) is 15.7 Å². The Morgan fingerprint density at radius 3 is 2.60 bits per heavy atom. The van der Waals surface area contributed by atoms with Crippen LogP contribution < -0.4 is 5.56 Å². The molecule has 0 saturated carbocycles. The van der Waals surface area contributed by atoms with Crippen molar-refractivity contribution in [1.29, 1.82) is 0 Å². The highest BCUT2D eigenvalue weighted by Crippen LogP contribution is 2.33. The Labute approximate surface area is 124 Å². The van der Waals surface area contributed by atoms with Crippen molar-refractivity contribution >= 4 is 22.9 Å². The van der Waals surface area contributed by atoms with Crippen LogP contribution in [0.15, 0.2) is 53.3 Å². The van der Waals surface area contributed by atoms with Gasteiger partial charge in [0.2, 0.25) is 5.56 Å². The molecular weight excluding hydrogens is 294 g/mol. The van der Waals surface area contributed by atoms with Gasteiger partial charge in [-0.25, -0.2) is 0 Å². The summed E-state index contributed by atoms with van der Waals surface area (Å²) in [6, 6.07) is 14.6. The molecule has 0 aliphatic rings. The molecule has 0 amide bonds. The monoisotopic (exact) mass is 303 g/mol. The minimum Gasteiger partial charge on any atom is -0.320 e. The van der Waals surface area contributed by atoms with Crippen LogP contribution in [-0.2, 0) is 0 Å². The summed E-state index contributed by atoms with van der Waals surface area (Å²) >= 11 is 7.77. The molecule has 3 aromatic rings. The van der Waals surface area contributed by atoms with Crippen molar-refractivity contribution in [2.24, 2.45) is 0 Å². The van der Waals surface area contributed by atoms with E-state index in [-0.39, 0.29) is 10.9 Å². The van der Waals surface area contributed by atoms with Crippen LogP contribution in [0.25, 0.3) is 10.7 Å². The molecule has 0 bridgehead atoms. The van der Waals surface area contributed by atoms with E-state index in [9.17, 15) is 4.79 Å². The lowest BCUT2D eigenvalue weighted by atomic mass is 10.1. The lowest BCUT2D eigenvalue weighted by Gasteiger charge is -2.04. The number of hydrogen-bond acceptors (Lipinski definition) is 4. The Morgan fingerprint density at radius 1 is 1.05 bits per heavy atom. The Morgan fingerprint density at radius 2 is 1.85 bits per heavy atom. The third-order valence-electron chi connectivity index (χ3n) is 2.75. The molecule has 0 aliphatic heterocycles. The number of pyridine rings is 1. The minimum absolute atomic E-state index is 0.162. The second-order valence-corrected chi connectivity index (χ2v) is 5.59. The number of aromatic nitrogens is 3. The van der Waals surface area contributed by atoms with Gasteiger partial charge in [0.25, 0.3) is 0 Å². The smallest absolute Gasteiger partial charge is 0.248 e. The van der Waals surface area contributed by atoms with Gasteiger partial charge < -0.3 is 4.98 Å². The highest BCUT2D eigenvalue weighted by Gasteiger charge is 2.16. The van der Waals surface area contributed by atoms with E-state index >= 15 is 0 Å². The number of H-pyrrole nitrogens is 1. The lowest BCUT2D eigenvalue weighted by Crippen LogP contribution is -2.03. The highest BCUT2D eigenvalue weighted by atomic mass is 35.5. The van der Waals surface area contributed by atoms with Crippen molar-refractivity contribution in [2.45, 2.75) is 5.38 Å². The summed E-state index contributed by atoms with van der Waals surface area (Å²) in [5, 5.41) is 9.22. The van der Waals surface area contributed by atoms with Gasteiger partial charge in [0.1, 0.15) is 10.4 Å². The molecule has 0 spiro atoms. The Kier molecular flexibility index (Phi) is 3.62. The molecule has 2 heterocycles. The maximum Gasteiger partial charge on any atom is 0.248 e. The summed E-state index contributed by atoms with van der Waals surface area (Å²) in [6.07, 6.45) is 0. The van der Waals surface area contributed by atoms with E-state index in [1.807, 2.05) is 30.3 Å². The average molecular weight is 304 g/mol. The molecule has 0 aliphatic carbocycles. The number of nitrogens with one attached hydrogen (secondary N) is 1. The van der Waals surface area contributed by atoms with Gasteiger partial charge in [-0.1, -0.05) is 47.7 Å². The van der Waals surface area contributed by atoms with Gasteiger partial charge in [0.05, 0.1) is 5.69 Å². The quantitative estimate of drug-likeness (QED) is 0.756. The van der Waals surface area contributed by atoms with E-state index in [4.69, 9.17) is 11.6 Å². The Balaban J connectivity index is 1.93. The first-order chi connectivity index (χ1) is 9.74. The van der Waals surface area contributed by atoms with Crippen LogP contribution in [0.3, 0.4) is 0 Å². The van der Waals surface area contributed by atoms with E-state index in [1.54, 1.807) is 12.1 Å². The fourth-order valence-electron chi connectivity index (χ4n) is 1.78. The summed E-state index contributed by atoms with van der Waals surface area (Å²) in [7, 11) is 0. The van der Waals surface area contributed by atoms with Gasteiger partial charge in [-0.05, 0) is 11.6 Å². The molecule has 6 heteroatoms. The molecule has 100 valence electrons. The maximum absolute atomic E-state index is 11.3. The van der Waals surface area contributed by atoms with Crippen LogP contribution in [0.2, 0.25) is 0 Å². The van der Waals surface area contributed by atoms with Gasteiger partial charge in [-0.15, -0.1) is 21.8 Å². The molecule has 0 radical (unpaired) electrons. The highest BCUT2D eigenvalue weighted by molar-refractivity contribution is 7.15. The summed E-state index contributed by atoms with van der Waals surface area (Å²) in [5.41, 5.74) is 1.46. The summed E-state index contributed by atoms with van der Waals surface area (Å²) in [6.45, 7) is 0. The molecule has 20 heavy (non-hydrogen) atoms. The summed E-state index contributed by atoms with van der Waals surface area (Å²) in [5.74, 6) is 0. The maximum atomic E-state index is 11.3. The second kappa shape index (κ2) is 5.56. The fraction of sp³-hybridized carbons (Fsp3) is 0.0714. The molecule has 3 rings (SSSR count). The fourth-order valence-corrected chi connectivity index (χ4v) is 2.94. The van der Waals surface area contributed by atoms with Gasteiger partial charge in [-0.3, -0.25) is 4.79 Å². The van der Waals surface area contributed by atoms with Gasteiger partial charge >= 0.3 is 0 Å². The predicted octanol–water partition coefficient (Wildman–Crippen LogP) is 3.22. The van der Waals surface area contributed by atoms with Crippen LogP contribution >= 0.6 is 22.9 Å². The number of nitrogens with zero attached hydrogens (tertiary/aromatic N) is 2. The first-order valence-corrected chi connectivity index (χ1v) is 7.21. The van der Waals surface area contributed by atoms with E-state index in [2.05, 4.69) is 15.2 Å². The number of alkyl halides is 1. The zero-order chi connectivity index (χ0) is 13.9. The number of benzene rings is 1. The summed E-state index contributed by atoms with van der Waals surface area (Å²) in [4.78, 5) is 14.0. The molecule has 0 fully saturated rings. The number of rotatable bonds is 3. The zero-order valence-electron chi connectivity index (χ0n) is 10.3. The molecule has 0 saturated heterocycles. The van der Waals surface area contributed by atoms with Gasteiger partial charge in [-0.2, -0.15) is 0 Å². The molecule has 1 atom stereocenters. The van der Waals surface area contributed by atoms with E-state index in [0.717, 1.165) is 5.56 Å². The lowest BCUT2D eigenvalue weighted by molar-refractivity contribution is 0.984. The van der Waals surface area contributed by atoms with Crippen molar-refractivity contribution in [1.82, 2.24) is 15.2 Å². The number of hydrogen-bond donors (Lipinski definition) is 1. The van der Waals surface area contributed by atoms with Crippen molar-refractivity contribution in [3.8, 4) is 10.7 Å².